The Morgan fingerprint density at radius 1 is 1.44 bits per heavy atom. The third-order valence-corrected chi connectivity index (χ3v) is 2.15. The highest BCUT2D eigenvalue weighted by Gasteiger charge is 2.05. The minimum absolute atomic E-state index is 0.374. The first-order valence-corrected chi connectivity index (χ1v) is 6.14. The number of hydrogen-bond acceptors (Lipinski definition) is 5. The molecule has 5 heteroatoms. The molecule has 0 saturated carbocycles. The molecule has 1 aromatic heterocycles. The summed E-state index contributed by atoms with van der Waals surface area (Å²) in [5.74, 6) is 1.96. The molecule has 1 aromatic rings. The molecule has 1 heterocycles. The fourth-order valence-electron chi connectivity index (χ4n) is 1.33. The van der Waals surface area contributed by atoms with E-state index in [4.69, 9.17) is 9.47 Å². The summed E-state index contributed by atoms with van der Waals surface area (Å²) in [6.45, 7) is 7.57. The van der Waals surface area contributed by atoms with E-state index in [1.807, 2.05) is 6.08 Å². The standard InChI is InChI=1S/C13H21N3O2/c1-4-6-8-18-13-9-11(14-7-5-2)15-12(16-13)10-17-3/h4,9H,1,5-8,10H2,2-3H3,(H,14,15,16). The molecule has 100 valence electrons. The highest BCUT2D eigenvalue weighted by Crippen LogP contribution is 2.14. The molecule has 0 aliphatic carbocycles. The van der Waals surface area contributed by atoms with Gasteiger partial charge in [-0.25, -0.2) is 4.98 Å². The SMILES string of the molecule is C=CCCOc1cc(NCCC)nc(COC)n1. The number of ether oxygens (including phenoxy) is 2. The van der Waals surface area contributed by atoms with Gasteiger partial charge in [-0.05, 0) is 12.8 Å². The van der Waals surface area contributed by atoms with Crippen LogP contribution in [0.2, 0.25) is 0 Å². The Kier molecular flexibility index (Phi) is 6.79. The van der Waals surface area contributed by atoms with Crippen LogP contribution in [0, 0.1) is 0 Å². The molecule has 1 rings (SSSR count). The van der Waals surface area contributed by atoms with Gasteiger partial charge in [-0.2, -0.15) is 4.98 Å². The van der Waals surface area contributed by atoms with Crippen LogP contribution < -0.4 is 10.1 Å². The Morgan fingerprint density at radius 3 is 2.94 bits per heavy atom. The monoisotopic (exact) mass is 251 g/mol. The number of nitrogens with one attached hydrogen (secondary N) is 1. The molecule has 0 spiro atoms. The minimum atomic E-state index is 0.374. The van der Waals surface area contributed by atoms with E-state index in [2.05, 4.69) is 28.8 Å². The summed E-state index contributed by atoms with van der Waals surface area (Å²) < 4.78 is 10.6. The van der Waals surface area contributed by atoms with Crippen LogP contribution in [0.4, 0.5) is 5.82 Å². The lowest BCUT2D eigenvalue weighted by Gasteiger charge is -2.09. The van der Waals surface area contributed by atoms with Gasteiger partial charge in [-0.3, -0.25) is 0 Å². The molecule has 0 unspecified atom stereocenters. The molecule has 0 bridgehead atoms. The van der Waals surface area contributed by atoms with Crippen LogP contribution in [0.5, 0.6) is 5.88 Å². The third kappa shape index (κ3) is 5.14. The Hall–Kier alpha value is -1.62. The largest absolute Gasteiger partial charge is 0.477 e. The lowest BCUT2D eigenvalue weighted by Crippen LogP contribution is -2.08. The molecule has 0 aromatic carbocycles. The molecule has 0 amide bonds. The second-order valence-corrected chi connectivity index (χ2v) is 3.79. The van der Waals surface area contributed by atoms with Gasteiger partial charge in [0.1, 0.15) is 12.4 Å². The zero-order valence-corrected chi connectivity index (χ0v) is 11.1. The van der Waals surface area contributed by atoms with E-state index in [-0.39, 0.29) is 0 Å². The van der Waals surface area contributed by atoms with Crippen molar-refractivity contribution in [2.75, 3.05) is 25.6 Å². The second-order valence-electron chi connectivity index (χ2n) is 3.79. The van der Waals surface area contributed by atoms with Gasteiger partial charge in [0.25, 0.3) is 0 Å². The molecular weight excluding hydrogens is 230 g/mol. The van der Waals surface area contributed by atoms with Crippen LogP contribution >= 0.6 is 0 Å². The van der Waals surface area contributed by atoms with Crippen LogP contribution in [0.15, 0.2) is 18.7 Å². The maximum absolute atomic E-state index is 5.54. The van der Waals surface area contributed by atoms with Gasteiger partial charge in [-0.15, -0.1) is 6.58 Å². The third-order valence-electron chi connectivity index (χ3n) is 2.15. The molecule has 5 nitrogen and oxygen atoms in total. The molecule has 0 fully saturated rings. The van der Waals surface area contributed by atoms with Gasteiger partial charge in [0, 0.05) is 19.7 Å². The molecular formula is C13H21N3O2. The Morgan fingerprint density at radius 2 is 2.28 bits per heavy atom. The van der Waals surface area contributed by atoms with Crippen LogP contribution in [-0.2, 0) is 11.3 Å². The van der Waals surface area contributed by atoms with Gasteiger partial charge < -0.3 is 14.8 Å². The summed E-state index contributed by atoms with van der Waals surface area (Å²) in [5, 5.41) is 3.22. The van der Waals surface area contributed by atoms with Crippen molar-refractivity contribution in [1.29, 1.82) is 0 Å². The van der Waals surface area contributed by atoms with Crippen LogP contribution in [0.3, 0.4) is 0 Å². The van der Waals surface area contributed by atoms with Crippen molar-refractivity contribution >= 4 is 5.82 Å². The van der Waals surface area contributed by atoms with E-state index in [1.54, 1.807) is 13.2 Å². The van der Waals surface area contributed by atoms with E-state index in [0.717, 1.165) is 25.2 Å². The average molecular weight is 251 g/mol. The highest BCUT2D eigenvalue weighted by atomic mass is 16.5. The van der Waals surface area contributed by atoms with Gasteiger partial charge in [-0.1, -0.05) is 13.0 Å². The lowest BCUT2D eigenvalue weighted by atomic mass is 10.4. The molecule has 18 heavy (non-hydrogen) atoms. The maximum atomic E-state index is 5.54. The Balaban J connectivity index is 2.73. The first-order chi connectivity index (χ1) is 8.80. The summed E-state index contributed by atoms with van der Waals surface area (Å²) in [6, 6.07) is 1.80. The van der Waals surface area contributed by atoms with Crippen molar-refractivity contribution in [3.8, 4) is 5.88 Å². The summed E-state index contributed by atoms with van der Waals surface area (Å²) >= 11 is 0. The van der Waals surface area contributed by atoms with Gasteiger partial charge in [0.15, 0.2) is 5.82 Å². The number of aromatic nitrogens is 2. The number of nitrogens with zero attached hydrogens (tertiary/aromatic N) is 2. The van der Waals surface area contributed by atoms with Gasteiger partial charge in [0.05, 0.1) is 6.61 Å². The van der Waals surface area contributed by atoms with E-state index in [0.29, 0.717) is 24.9 Å². The highest BCUT2D eigenvalue weighted by molar-refractivity contribution is 5.38. The number of hydrogen-bond donors (Lipinski definition) is 1. The molecule has 1 N–H and O–H groups in total. The van der Waals surface area contributed by atoms with Crippen molar-refractivity contribution < 1.29 is 9.47 Å². The van der Waals surface area contributed by atoms with E-state index < -0.39 is 0 Å². The number of methoxy groups -OCH3 is 1. The van der Waals surface area contributed by atoms with Crippen molar-refractivity contribution in [1.82, 2.24) is 9.97 Å². The molecule has 0 radical (unpaired) electrons. The quantitative estimate of drug-likeness (QED) is 0.539. The van der Waals surface area contributed by atoms with Crippen molar-refractivity contribution in [3.63, 3.8) is 0 Å². The number of anilines is 1. The molecule has 0 aliphatic rings. The molecule has 0 aliphatic heterocycles. The van der Waals surface area contributed by atoms with Crippen molar-refractivity contribution in [2.45, 2.75) is 26.4 Å². The summed E-state index contributed by atoms with van der Waals surface area (Å²) in [7, 11) is 1.62. The van der Waals surface area contributed by atoms with E-state index in [9.17, 15) is 0 Å². The summed E-state index contributed by atoms with van der Waals surface area (Å²) in [5.41, 5.74) is 0. The van der Waals surface area contributed by atoms with Crippen LogP contribution in [0.1, 0.15) is 25.6 Å². The Bertz CT molecular complexity index is 369. The molecule has 0 saturated heterocycles. The van der Waals surface area contributed by atoms with Crippen molar-refractivity contribution in [3.05, 3.63) is 24.5 Å². The summed E-state index contributed by atoms with van der Waals surface area (Å²) in [6.07, 6.45) is 3.64. The predicted octanol–water partition coefficient (Wildman–Crippen LogP) is 2.40. The normalized spacial score (nSPS) is 10.1. The smallest absolute Gasteiger partial charge is 0.218 e. The van der Waals surface area contributed by atoms with Crippen molar-refractivity contribution in [2.24, 2.45) is 0 Å². The fourth-order valence-corrected chi connectivity index (χ4v) is 1.33. The number of rotatable bonds is 9. The Labute approximate surface area is 108 Å². The lowest BCUT2D eigenvalue weighted by molar-refractivity contribution is 0.176. The van der Waals surface area contributed by atoms with Crippen LogP contribution in [-0.4, -0.2) is 30.2 Å². The first-order valence-electron chi connectivity index (χ1n) is 6.14. The zero-order valence-electron chi connectivity index (χ0n) is 11.1. The maximum Gasteiger partial charge on any atom is 0.218 e. The summed E-state index contributed by atoms with van der Waals surface area (Å²) in [4.78, 5) is 8.61. The first kappa shape index (κ1) is 14.4. The molecule has 0 atom stereocenters. The average Bonchev–Trinajstić information content (AvgIpc) is 2.37. The topological polar surface area (TPSA) is 56.3 Å². The van der Waals surface area contributed by atoms with Gasteiger partial charge >= 0.3 is 0 Å². The fraction of sp³-hybridized carbons (Fsp3) is 0.538. The second kappa shape index (κ2) is 8.47. The van der Waals surface area contributed by atoms with E-state index in [1.165, 1.54) is 0 Å². The van der Waals surface area contributed by atoms with Gasteiger partial charge in [0.2, 0.25) is 5.88 Å². The zero-order chi connectivity index (χ0) is 13.2. The predicted molar refractivity (Wildman–Crippen MR) is 71.8 cm³/mol. The van der Waals surface area contributed by atoms with E-state index >= 15 is 0 Å². The minimum Gasteiger partial charge on any atom is -0.477 e. The van der Waals surface area contributed by atoms with Crippen LogP contribution in [0.25, 0.3) is 0 Å².